The van der Waals surface area contributed by atoms with E-state index in [1.54, 1.807) is 0 Å². The number of carbonyl (C=O) groups is 1. The van der Waals surface area contributed by atoms with Crippen LogP contribution in [0.25, 0.3) is 0 Å². The Labute approximate surface area is 68.2 Å². The van der Waals surface area contributed by atoms with Crippen LogP contribution in [0.2, 0.25) is 0 Å². The Balaban J connectivity index is 3.34. The highest BCUT2D eigenvalue weighted by atomic mass is 19.1. The summed E-state index contributed by atoms with van der Waals surface area (Å²) in [6.45, 7) is -3.09. The van der Waals surface area contributed by atoms with E-state index in [1.165, 1.54) is 0 Å². The van der Waals surface area contributed by atoms with Crippen LogP contribution in [0.15, 0.2) is 0 Å². The van der Waals surface area contributed by atoms with Gasteiger partial charge in [-0.25, -0.2) is 9.18 Å². The molecule has 5 heteroatoms. The van der Waals surface area contributed by atoms with Crippen LogP contribution >= 0.6 is 0 Å². The summed E-state index contributed by atoms with van der Waals surface area (Å²) in [6.07, 6.45) is -6.98. The average molecular weight is 168 g/mol. The summed E-state index contributed by atoms with van der Waals surface area (Å²) in [5.74, 6) is -1.77. The van der Waals surface area contributed by atoms with Crippen LogP contribution in [0.3, 0.4) is 0 Å². The number of aliphatic hydroxyl groups is 2. The van der Waals surface area contributed by atoms with Crippen LogP contribution < -0.4 is 0 Å². The molecule has 0 amide bonds. The first-order chi connectivity index (χ1) is 6.38. The Kier molecular flexibility index (Phi) is 0.963. The smallest absolute Gasteiger partial charge is 0.346 e. The van der Waals surface area contributed by atoms with E-state index in [0.29, 0.717) is 6.92 Å². The van der Waals surface area contributed by atoms with Crippen LogP contribution in [0.4, 0.5) is 4.39 Å². The van der Waals surface area contributed by atoms with Crippen molar-refractivity contribution in [2.45, 2.75) is 24.8 Å². The minimum absolute atomic E-state index is 0.477. The predicted molar refractivity (Wildman–Crippen MR) is 32.5 cm³/mol. The molecule has 1 aliphatic rings. The summed E-state index contributed by atoms with van der Waals surface area (Å²) in [4.78, 5) is 10.9. The van der Waals surface area contributed by atoms with E-state index in [1.807, 2.05) is 0 Å². The van der Waals surface area contributed by atoms with Crippen LogP contribution in [0, 0.1) is 0 Å². The molecule has 1 fully saturated rings. The van der Waals surface area contributed by atoms with Crippen molar-refractivity contribution in [3.8, 4) is 0 Å². The van der Waals surface area contributed by atoms with Crippen LogP contribution in [-0.4, -0.2) is 40.6 Å². The molecule has 0 aromatic heterocycles. The largest absolute Gasteiger partial charge is 0.455 e. The zero-order valence-corrected chi connectivity index (χ0v) is 5.59. The van der Waals surface area contributed by atoms with Crippen molar-refractivity contribution >= 4 is 5.97 Å². The van der Waals surface area contributed by atoms with E-state index in [2.05, 4.69) is 4.74 Å². The third kappa shape index (κ3) is 1.10. The SMILES string of the molecule is [2H]C([2H])(O)[C@@]1([2H])OC(=O)[C@](C)(F)[C@]1([2H])O. The maximum Gasteiger partial charge on any atom is 0.346 e. The number of carbonyl (C=O) groups excluding carboxylic acids is 1. The number of ether oxygens (including phenoxy) is 1. The molecule has 64 valence electrons. The van der Waals surface area contributed by atoms with Crippen molar-refractivity contribution in [3.05, 3.63) is 0 Å². The predicted octanol–water partition coefficient (Wildman–Crippen LogP) is -1.01. The van der Waals surface area contributed by atoms with Gasteiger partial charge in [-0.2, -0.15) is 0 Å². The summed E-state index contributed by atoms with van der Waals surface area (Å²) >= 11 is 0. The van der Waals surface area contributed by atoms with Crippen molar-refractivity contribution in [3.63, 3.8) is 0 Å². The lowest BCUT2D eigenvalue weighted by Gasteiger charge is -2.14. The molecule has 0 aliphatic carbocycles. The molecule has 4 nitrogen and oxygen atoms in total. The number of halogens is 1. The Morgan fingerprint density at radius 3 is 2.82 bits per heavy atom. The van der Waals surface area contributed by atoms with Crippen LogP contribution in [0.1, 0.15) is 12.4 Å². The minimum Gasteiger partial charge on any atom is -0.455 e. The molecule has 3 atom stereocenters. The summed E-state index contributed by atoms with van der Waals surface area (Å²) < 4.78 is 45.2. The number of rotatable bonds is 1. The lowest BCUT2D eigenvalue weighted by Crippen LogP contribution is -2.40. The van der Waals surface area contributed by atoms with Crippen molar-refractivity contribution in [1.82, 2.24) is 0 Å². The molecule has 2 N–H and O–H groups in total. The van der Waals surface area contributed by atoms with Crippen LogP contribution in [0.5, 0.6) is 0 Å². The van der Waals surface area contributed by atoms with E-state index >= 15 is 0 Å². The molecule has 0 unspecified atom stereocenters. The number of alkyl halides is 1. The van der Waals surface area contributed by atoms with E-state index in [9.17, 15) is 14.3 Å². The van der Waals surface area contributed by atoms with Gasteiger partial charge < -0.3 is 14.9 Å². The highest BCUT2D eigenvalue weighted by molar-refractivity contribution is 5.82. The van der Waals surface area contributed by atoms with Crippen molar-refractivity contribution in [2.75, 3.05) is 6.56 Å². The minimum atomic E-state index is -3.57. The standard InChI is InChI=1S/C6H9FO4/c1-6(7)4(9)3(2-8)11-5(6)10/h3-4,8-9H,2H2,1H3/t3-,4-,6-/m1/s1/i2D2,3D,4D. The fourth-order valence-electron chi connectivity index (χ4n) is 0.623. The van der Waals surface area contributed by atoms with Crippen molar-refractivity contribution in [1.29, 1.82) is 0 Å². The van der Waals surface area contributed by atoms with E-state index in [0.717, 1.165) is 0 Å². The molecule has 0 bridgehead atoms. The summed E-state index contributed by atoms with van der Waals surface area (Å²) in [5, 5.41) is 18.2. The third-order valence-corrected chi connectivity index (χ3v) is 1.34. The third-order valence-electron chi connectivity index (χ3n) is 1.34. The van der Waals surface area contributed by atoms with Gasteiger partial charge in [0, 0.05) is 0 Å². The van der Waals surface area contributed by atoms with E-state index in [-0.39, 0.29) is 0 Å². The van der Waals surface area contributed by atoms with Gasteiger partial charge in [0.2, 0.25) is 5.67 Å². The number of hydrogen-bond donors (Lipinski definition) is 2. The summed E-state index contributed by atoms with van der Waals surface area (Å²) in [5.41, 5.74) is -3.29. The fraction of sp³-hybridized carbons (Fsp3) is 0.833. The molecule has 0 saturated carbocycles. The molecule has 11 heavy (non-hydrogen) atoms. The Hall–Kier alpha value is -0.680. The number of hydrogen-bond acceptors (Lipinski definition) is 4. The van der Waals surface area contributed by atoms with Gasteiger partial charge in [-0.15, -0.1) is 0 Å². The molecule has 0 aromatic rings. The molecular formula is C6H9FO4. The number of esters is 1. The first-order valence-electron chi connectivity index (χ1n) is 4.75. The molecule has 1 aliphatic heterocycles. The molecule has 0 radical (unpaired) electrons. The monoisotopic (exact) mass is 168 g/mol. The first kappa shape index (κ1) is 4.37. The van der Waals surface area contributed by atoms with Gasteiger partial charge >= 0.3 is 5.97 Å². The lowest BCUT2D eigenvalue weighted by atomic mass is 10.0. The van der Waals surface area contributed by atoms with Gasteiger partial charge in [-0.3, -0.25) is 0 Å². The molecule has 0 aromatic carbocycles. The van der Waals surface area contributed by atoms with Crippen molar-refractivity contribution in [2.24, 2.45) is 0 Å². The van der Waals surface area contributed by atoms with Gasteiger partial charge in [0.1, 0.15) is 6.08 Å². The Bertz CT molecular complexity index is 313. The van der Waals surface area contributed by atoms with Gasteiger partial charge in [0.05, 0.1) is 12.0 Å². The van der Waals surface area contributed by atoms with Gasteiger partial charge in [-0.1, -0.05) is 0 Å². The molecular weight excluding hydrogens is 155 g/mol. The second-order valence-electron chi connectivity index (χ2n) is 2.18. The van der Waals surface area contributed by atoms with Gasteiger partial charge in [0.15, 0.2) is 6.08 Å². The molecule has 1 saturated heterocycles. The summed E-state index contributed by atoms with van der Waals surface area (Å²) in [6, 6.07) is 0. The maximum atomic E-state index is 13.5. The van der Waals surface area contributed by atoms with Gasteiger partial charge in [-0.05, 0) is 6.92 Å². The normalized spacial score (nSPS) is 64.2. The average Bonchev–Trinajstić information content (AvgIpc) is 2.10. The molecule has 1 heterocycles. The summed E-state index contributed by atoms with van der Waals surface area (Å²) in [7, 11) is 0. The highest BCUT2D eigenvalue weighted by Gasteiger charge is 2.54. The Morgan fingerprint density at radius 2 is 2.64 bits per heavy atom. The Morgan fingerprint density at radius 1 is 2.09 bits per heavy atom. The zero-order valence-electron chi connectivity index (χ0n) is 9.59. The topological polar surface area (TPSA) is 66.8 Å². The van der Waals surface area contributed by atoms with Crippen LogP contribution in [-0.2, 0) is 9.53 Å². The second-order valence-corrected chi connectivity index (χ2v) is 2.18. The zero-order chi connectivity index (χ0) is 12.3. The van der Waals surface area contributed by atoms with E-state index in [4.69, 9.17) is 10.6 Å². The van der Waals surface area contributed by atoms with E-state index < -0.39 is 30.4 Å². The van der Waals surface area contributed by atoms with Gasteiger partial charge in [0.25, 0.3) is 0 Å². The lowest BCUT2D eigenvalue weighted by molar-refractivity contribution is -0.150. The van der Waals surface area contributed by atoms with Crippen molar-refractivity contribution < 1.29 is 29.6 Å². The highest BCUT2D eigenvalue weighted by Crippen LogP contribution is 2.29. The number of cyclic esters (lactones) is 1. The molecule has 0 spiro atoms. The molecule has 1 rings (SSSR count). The second kappa shape index (κ2) is 2.42. The quantitative estimate of drug-likeness (QED) is 0.492. The fourth-order valence-corrected chi connectivity index (χ4v) is 0.623. The first-order valence-corrected chi connectivity index (χ1v) is 2.75. The maximum absolute atomic E-state index is 13.5.